The zero-order chi connectivity index (χ0) is 22.0. The Kier molecular flexibility index (Phi) is 6.47. The average Bonchev–Trinajstić information content (AvgIpc) is 2.91. The van der Waals surface area contributed by atoms with Gasteiger partial charge in [0, 0.05) is 37.0 Å². The standard InChI is InChI=1S/C26H34N2O3/c1-4-18-16-28(14-11-24(18)29)13-6-8-20-21-7-5-12-27-23(21)17-31-25-10-9-19(15-22(20)25)26(2,3)30/h5,7-10,12,15,18,24,29-30H,4,6,11,13-14,16-17H2,1-3H3/b20-8+. The van der Waals surface area contributed by atoms with E-state index < -0.39 is 5.60 Å². The lowest BCUT2D eigenvalue weighted by molar-refractivity contribution is 0.0259. The van der Waals surface area contributed by atoms with E-state index in [1.165, 1.54) is 0 Å². The molecule has 5 nitrogen and oxygen atoms in total. The van der Waals surface area contributed by atoms with E-state index in [9.17, 15) is 10.2 Å². The highest BCUT2D eigenvalue weighted by atomic mass is 16.5. The van der Waals surface area contributed by atoms with Crippen molar-refractivity contribution in [3.8, 4) is 5.75 Å². The number of hydrogen-bond acceptors (Lipinski definition) is 5. The van der Waals surface area contributed by atoms with Gasteiger partial charge in [-0.05, 0) is 68.4 Å². The van der Waals surface area contributed by atoms with Crippen LogP contribution in [0.25, 0.3) is 5.57 Å². The number of benzene rings is 1. The summed E-state index contributed by atoms with van der Waals surface area (Å²) in [7, 11) is 0. The summed E-state index contributed by atoms with van der Waals surface area (Å²) in [4.78, 5) is 7.02. The summed E-state index contributed by atoms with van der Waals surface area (Å²) < 4.78 is 6.09. The Balaban J connectivity index is 1.64. The van der Waals surface area contributed by atoms with E-state index >= 15 is 0 Å². The first-order valence-corrected chi connectivity index (χ1v) is 11.4. The second-order valence-corrected chi connectivity index (χ2v) is 9.29. The van der Waals surface area contributed by atoms with Gasteiger partial charge in [-0.25, -0.2) is 0 Å². The van der Waals surface area contributed by atoms with Crippen molar-refractivity contribution in [1.29, 1.82) is 0 Å². The van der Waals surface area contributed by atoms with Gasteiger partial charge in [-0.3, -0.25) is 4.98 Å². The molecule has 0 saturated carbocycles. The molecule has 31 heavy (non-hydrogen) atoms. The van der Waals surface area contributed by atoms with Gasteiger partial charge in [-0.2, -0.15) is 0 Å². The molecule has 2 aliphatic heterocycles. The predicted octanol–water partition coefficient (Wildman–Crippen LogP) is 4.12. The third-order valence-corrected chi connectivity index (χ3v) is 6.62. The van der Waals surface area contributed by atoms with Gasteiger partial charge in [-0.15, -0.1) is 0 Å². The van der Waals surface area contributed by atoms with Crippen molar-refractivity contribution in [1.82, 2.24) is 9.88 Å². The van der Waals surface area contributed by atoms with E-state index in [1.54, 1.807) is 13.8 Å². The number of ether oxygens (including phenoxy) is 1. The number of aliphatic hydroxyl groups is 2. The number of nitrogens with zero attached hydrogens (tertiary/aromatic N) is 2. The van der Waals surface area contributed by atoms with Crippen LogP contribution in [0, 0.1) is 5.92 Å². The quantitative estimate of drug-likeness (QED) is 0.759. The van der Waals surface area contributed by atoms with E-state index in [4.69, 9.17) is 4.74 Å². The number of aliphatic hydroxyl groups excluding tert-OH is 1. The monoisotopic (exact) mass is 422 g/mol. The molecule has 0 amide bonds. The van der Waals surface area contributed by atoms with Crippen LogP contribution in [-0.4, -0.2) is 45.8 Å². The lowest BCUT2D eigenvalue weighted by Gasteiger charge is -2.35. The molecule has 1 saturated heterocycles. The van der Waals surface area contributed by atoms with Crippen LogP contribution >= 0.6 is 0 Å². The maximum atomic E-state index is 10.6. The van der Waals surface area contributed by atoms with Crippen LogP contribution in [0.3, 0.4) is 0 Å². The summed E-state index contributed by atoms with van der Waals surface area (Å²) in [6.07, 6.45) is 6.71. The number of hydrogen-bond donors (Lipinski definition) is 2. The summed E-state index contributed by atoms with van der Waals surface area (Å²) in [5, 5.41) is 20.7. The molecule has 1 aromatic carbocycles. The SMILES string of the molecule is CCC1CN(CC/C=C2/c3cc(C(C)(C)O)ccc3OCc3ncccc32)CCC1O. The number of rotatable bonds is 5. The Morgan fingerprint density at radius 1 is 1.26 bits per heavy atom. The van der Waals surface area contributed by atoms with Gasteiger partial charge in [-0.1, -0.05) is 25.1 Å². The lowest BCUT2D eigenvalue weighted by atomic mass is 9.90. The molecular weight excluding hydrogens is 388 g/mol. The van der Waals surface area contributed by atoms with Gasteiger partial charge in [0.2, 0.25) is 0 Å². The van der Waals surface area contributed by atoms with Gasteiger partial charge in [0.25, 0.3) is 0 Å². The minimum Gasteiger partial charge on any atom is -0.487 e. The Morgan fingerprint density at radius 3 is 2.87 bits per heavy atom. The first-order valence-electron chi connectivity index (χ1n) is 11.4. The van der Waals surface area contributed by atoms with Crippen molar-refractivity contribution >= 4 is 5.57 Å². The van der Waals surface area contributed by atoms with Crippen molar-refractivity contribution in [2.75, 3.05) is 19.6 Å². The van der Waals surface area contributed by atoms with E-state index in [0.717, 1.165) is 72.6 Å². The third-order valence-electron chi connectivity index (χ3n) is 6.62. The Labute approximate surface area is 185 Å². The molecule has 0 bridgehead atoms. The predicted molar refractivity (Wildman–Crippen MR) is 123 cm³/mol. The molecule has 4 rings (SSSR count). The average molecular weight is 423 g/mol. The molecule has 2 aromatic rings. The molecule has 2 atom stereocenters. The second kappa shape index (κ2) is 9.11. The van der Waals surface area contributed by atoms with Crippen molar-refractivity contribution in [2.24, 2.45) is 5.92 Å². The number of piperidine rings is 1. The molecule has 166 valence electrons. The van der Waals surface area contributed by atoms with Gasteiger partial charge in [0.15, 0.2) is 0 Å². The molecule has 0 radical (unpaired) electrons. The smallest absolute Gasteiger partial charge is 0.131 e. The van der Waals surface area contributed by atoms with Crippen molar-refractivity contribution < 1.29 is 14.9 Å². The first kappa shape index (κ1) is 22.0. The van der Waals surface area contributed by atoms with Gasteiger partial charge in [0.1, 0.15) is 12.4 Å². The highest BCUT2D eigenvalue weighted by molar-refractivity contribution is 5.84. The fourth-order valence-electron chi connectivity index (χ4n) is 4.65. The van der Waals surface area contributed by atoms with Crippen molar-refractivity contribution in [2.45, 2.75) is 58.3 Å². The molecule has 2 N–H and O–H groups in total. The van der Waals surface area contributed by atoms with E-state index in [1.807, 2.05) is 30.5 Å². The summed E-state index contributed by atoms with van der Waals surface area (Å²) >= 11 is 0. The van der Waals surface area contributed by atoms with Crippen LogP contribution in [0.5, 0.6) is 5.75 Å². The second-order valence-electron chi connectivity index (χ2n) is 9.29. The van der Waals surface area contributed by atoms with Crippen LogP contribution in [0.15, 0.2) is 42.6 Å². The fourth-order valence-corrected chi connectivity index (χ4v) is 4.65. The Hall–Kier alpha value is -2.21. The van der Waals surface area contributed by atoms with Crippen LogP contribution in [0.2, 0.25) is 0 Å². The Morgan fingerprint density at radius 2 is 2.10 bits per heavy atom. The Bertz CT molecular complexity index is 948. The topological polar surface area (TPSA) is 65.8 Å². The van der Waals surface area contributed by atoms with E-state index in [0.29, 0.717) is 12.5 Å². The minimum atomic E-state index is -0.923. The molecular formula is C26H34N2O3. The molecule has 1 aromatic heterocycles. The largest absolute Gasteiger partial charge is 0.487 e. The number of fused-ring (bicyclic) bond motifs is 2. The normalized spacial score (nSPS) is 23.1. The van der Waals surface area contributed by atoms with Gasteiger partial charge >= 0.3 is 0 Å². The number of pyridine rings is 1. The highest BCUT2D eigenvalue weighted by Gasteiger charge is 2.26. The van der Waals surface area contributed by atoms with Gasteiger partial charge < -0.3 is 19.8 Å². The summed E-state index contributed by atoms with van der Waals surface area (Å²) in [6.45, 7) is 9.07. The molecule has 1 fully saturated rings. The molecule has 0 aliphatic carbocycles. The lowest BCUT2D eigenvalue weighted by Crippen LogP contribution is -2.43. The maximum Gasteiger partial charge on any atom is 0.131 e. The van der Waals surface area contributed by atoms with Crippen molar-refractivity contribution in [3.63, 3.8) is 0 Å². The van der Waals surface area contributed by atoms with E-state index in [-0.39, 0.29) is 6.10 Å². The number of aromatic nitrogens is 1. The summed E-state index contributed by atoms with van der Waals surface area (Å²) in [5.41, 5.74) is 4.09. The summed E-state index contributed by atoms with van der Waals surface area (Å²) in [6, 6.07) is 10.0. The molecule has 0 spiro atoms. The molecule has 5 heteroatoms. The highest BCUT2D eigenvalue weighted by Crippen LogP contribution is 2.38. The molecule has 3 heterocycles. The number of likely N-dealkylation sites (tertiary alicyclic amines) is 1. The van der Waals surface area contributed by atoms with Crippen molar-refractivity contribution in [3.05, 3.63) is 65.0 Å². The molecule has 2 aliphatic rings. The first-order chi connectivity index (χ1) is 14.9. The fraction of sp³-hybridized carbons (Fsp3) is 0.500. The third kappa shape index (κ3) is 4.84. The zero-order valence-corrected chi connectivity index (χ0v) is 18.8. The van der Waals surface area contributed by atoms with E-state index in [2.05, 4.69) is 29.0 Å². The van der Waals surface area contributed by atoms with Crippen LogP contribution in [0.1, 0.15) is 62.4 Å². The maximum absolute atomic E-state index is 10.6. The van der Waals surface area contributed by atoms with Crippen LogP contribution < -0.4 is 4.74 Å². The van der Waals surface area contributed by atoms with Crippen LogP contribution in [0.4, 0.5) is 0 Å². The zero-order valence-electron chi connectivity index (χ0n) is 18.8. The minimum absolute atomic E-state index is 0.163. The summed E-state index contributed by atoms with van der Waals surface area (Å²) in [5.74, 6) is 1.19. The molecule has 2 unspecified atom stereocenters. The van der Waals surface area contributed by atoms with Gasteiger partial charge in [0.05, 0.1) is 17.4 Å². The van der Waals surface area contributed by atoms with Crippen LogP contribution in [-0.2, 0) is 12.2 Å².